The van der Waals surface area contributed by atoms with Crippen LogP contribution in [0.25, 0.3) is 0 Å². The lowest BCUT2D eigenvalue weighted by Gasteiger charge is -2.10. The van der Waals surface area contributed by atoms with Crippen molar-refractivity contribution in [2.24, 2.45) is 0 Å². The van der Waals surface area contributed by atoms with E-state index in [1.807, 2.05) is 0 Å². The lowest BCUT2D eigenvalue weighted by molar-refractivity contribution is 0.508. The molecule has 0 heterocycles. The Labute approximate surface area is 58.8 Å². The highest BCUT2D eigenvalue weighted by Crippen LogP contribution is 1.93. The van der Waals surface area contributed by atoms with Gasteiger partial charge in [-0.1, -0.05) is 20.3 Å². The lowest BCUT2D eigenvalue weighted by atomic mass is 10.2. The molecule has 1 nitrogen and oxygen atoms in total. The summed E-state index contributed by atoms with van der Waals surface area (Å²) in [6.45, 7) is 7.84. The zero-order valence-electron chi connectivity index (χ0n) is 6.91. The molecule has 1 atom stereocenters. The van der Waals surface area contributed by atoms with Crippen molar-refractivity contribution in [3.8, 4) is 0 Å². The average molecular weight is 129 g/mol. The fourth-order valence-electron chi connectivity index (χ4n) is 0.926. The van der Waals surface area contributed by atoms with E-state index in [1.165, 1.54) is 25.8 Å². The quantitative estimate of drug-likeness (QED) is 0.600. The van der Waals surface area contributed by atoms with E-state index >= 15 is 0 Å². The third kappa shape index (κ3) is 5.84. The van der Waals surface area contributed by atoms with Gasteiger partial charge in [-0.05, 0) is 26.3 Å². The van der Waals surface area contributed by atoms with Crippen LogP contribution in [0.3, 0.4) is 0 Å². The van der Waals surface area contributed by atoms with Crippen molar-refractivity contribution in [3.05, 3.63) is 0 Å². The first kappa shape index (κ1) is 8.96. The Morgan fingerprint density at radius 3 is 2.33 bits per heavy atom. The molecule has 0 rings (SSSR count). The standard InChI is InChI=1S/C8H19N/c1-4-6-8(3)9-7-5-2/h8-9H,4-7H2,1-3H3/t8-/m1/s1. The first-order valence-electron chi connectivity index (χ1n) is 4.04. The summed E-state index contributed by atoms with van der Waals surface area (Å²) >= 11 is 0. The minimum absolute atomic E-state index is 0.718. The van der Waals surface area contributed by atoms with E-state index in [-0.39, 0.29) is 0 Å². The van der Waals surface area contributed by atoms with Crippen molar-refractivity contribution in [2.75, 3.05) is 6.54 Å². The van der Waals surface area contributed by atoms with Crippen molar-refractivity contribution in [3.63, 3.8) is 0 Å². The molecule has 0 radical (unpaired) electrons. The van der Waals surface area contributed by atoms with Gasteiger partial charge >= 0.3 is 0 Å². The van der Waals surface area contributed by atoms with Crippen molar-refractivity contribution in [1.82, 2.24) is 5.32 Å². The second-order valence-corrected chi connectivity index (χ2v) is 2.64. The number of hydrogen-bond donors (Lipinski definition) is 1. The summed E-state index contributed by atoms with van der Waals surface area (Å²) < 4.78 is 0. The van der Waals surface area contributed by atoms with Gasteiger partial charge < -0.3 is 5.32 Å². The summed E-state index contributed by atoms with van der Waals surface area (Å²) in [6, 6.07) is 0.718. The molecular weight excluding hydrogens is 110 g/mol. The Kier molecular flexibility index (Phi) is 6.06. The van der Waals surface area contributed by atoms with Crippen LogP contribution < -0.4 is 5.32 Å². The zero-order valence-corrected chi connectivity index (χ0v) is 6.91. The summed E-state index contributed by atoms with van der Waals surface area (Å²) in [5.41, 5.74) is 0. The SMILES string of the molecule is CCCN[C@H](C)CCC. The van der Waals surface area contributed by atoms with Crippen molar-refractivity contribution >= 4 is 0 Å². The highest BCUT2D eigenvalue weighted by molar-refractivity contribution is 4.57. The molecule has 0 saturated heterocycles. The smallest absolute Gasteiger partial charge is 0.00386 e. The van der Waals surface area contributed by atoms with E-state index < -0.39 is 0 Å². The summed E-state index contributed by atoms with van der Waals surface area (Å²) in [4.78, 5) is 0. The molecule has 0 aliphatic heterocycles. The summed E-state index contributed by atoms with van der Waals surface area (Å²) in [7, 11) is 0. The van der Waals surface area contributed by atoms with Gasteiger partial charge in [0.25, 0.3) is 0 Å². The lowest BCUT2D eigenvalue weighted by Crippen LogP contribution is -2.26. The molecule has 56 valence electrons. The summed E-state index contributed by atoms with van der Waals surface area (Å²) in [5, 5.41) is 3.43. The highest BCUT2D eigenvalue weighted by atomic mass is 14.9. The maximum absolute atomic E-state index is 3.43. The van der Waals surface area contributed by atoms with E-state index in [4.69, 9.17) is 0 Å². The van der Waals surface area contributed by atoms with Gasteiger partial charge in [-0.2, -0.15) is 0 Å². The van der Waals surface area contributed by atoms with E-state index in [0.717, 1.165) is 6.04 Å². The molecule has 0 saturated carbocycles. The third-order valence-corrected chi connectivity index (χ3v) is 1.46. The molecule has 0 unspecified atom stereocenters. The van der Waals surface area contributed by atoms with Crippen molar-refractivity contribution in [1.29, 1.82) is 0 Å². The molecule has 0 fully saturated rings. The molecule has 1 heteroatoms. The van der Waals surface area contributed by atoms with Gasteiger partial charge in [0.05, 0.1) is 0 Å². The van der Waals surface area contributed by atoms with Gasteiger partial charge in [-0.25, -0.2) is 0 Å². The molecule has 0 aromatic heterocycles. The molecule has 0 aliphatic carbocycles. The van der Waals surface area contributed by atoms with E-state index in [2.05, 4.69) is 26.1 Å². The molecule has 9 heavy (non-hydrogen) atoms. The Bertz CT molecular complexity index is 52.5. The number of nitrogens with one attached hydrogen (secondary N) is 1. The predicted octanol–water partition coefficient (Wildman–Crippen LogP) is 2.17. The maximum Gasteiger partial charge on any atom is 0.00386 e. The van der Waals surface area contributed by atoms with Gasteiger partial charge in [0.2, 0.25) is 0 Å². The van der Waals surface area contributed by atoms with Crippen LogP contribution in [0.1, 0.15) is 40.0 Å². The second-order valence-electron chi connectivity index (χ2n) is 2.64. The first-order valence-corrected chi connectivity index (χ1v) is 4.04. The Morgan fingerprint density at radius 2 is 1.89 bits per heavy atom. The van der Waals surface area contributed by atoms with Crippen LogP contribution in [-0.4, -0.2) is 12.6 Å². The average Bonchev–Trinajstić information content (AvgIpc) is 1.85. The first-order chi connectivity index (χ1) is 4.31. The minimum atomic E-state index is 0.718. The second kappa shape index (κ2) is 6.09. The number of hydrogen-bond acceptors (Lipinski definition) is 1. The Hall–Kier alpha value is -0.0400. The number of rotatable bonds is 5. The summed E-state index contributed by atoms with van der Waals surface area (Å²) in [6.07, 6.45) is 3.84. The van der Waals surface area contributed by atoms with Crippen LogP contribution in [0.4, 0.5) is 0 Å². The van der Waals surface area contributed by atoms with Gasteiger partial charge in [0, 0.05) is 6.04 Å². The van der Waals surface area contributed by atoms with Crippen molar-refractivity contribution in [2.45, 2.75) is 46.1 Å². The Balaban J connectivity index is 2.95. The molecule has 0 aromatic rings. The van der Waals surface area contributed by atoms with E-state index in [1.54, 1.807) is 0 Å². The molecule has 1 N–H and O–H groups in total. The van der Waals surface area contributed by atoms with Crippen LogP contribution in [0, 0.1) is 0 Å². The van der Waals surface area contributed by atoms with Crippen LogP contribution in [0.5, 0.6) is 0 Å². The maximum atomic E-state index is 3.43. The topological polar surface area (TPSA) is 12.0 Å². The molecule has 0 aliphatic rings. The third-order valence-electron chi connectivity index (χ3n) is 1.46. The van der Waals surface area contributed by atoms with Crippen LogP contribution >= 0.6 is 0 Å². The molecule has 0 aromatic carbocycles. The molecule has 0 amide bonds. The fraction of sp³-hybridized carbons (Fsp3) is 1.00. The van der Waals surface area contributed by atoms with Gasteiger partial charge in [0.1, 0.15) is 0 Å². The van der Waals surface area contributed by atoms with Gasteiger partial charge in [0.15, 0.2) is 0 Å². The normalized spacial score (nSPS) is 13.7. The predicted molar refractivity (Wildman–Crippen MR) is 42.7 cm³/mol. The van der Waals surface area contributed by atoms with Crippen LogP contribution in [-0.2, 0) is 0 Å². The molecule has 0 spiro atoms. The minimum Gasteiger partial charge on any atom is -0.314 e. The zero-order chi connectivity index (χ0) is 7.11. The van der Waals surface area contributed by atoms with E-state index in [9.17, 15) is 0 Å². The fourth-order valence-corrected chi connectivity index (χ4v) is 0.926. The summed E-state index contributed by atoms with van der Waals surface area (Å²) in [5.74, 6) is 0. The molecule has 0 bridgehead atoms. The van der Waals surface area contributed by atoms with Gasteiger partial charge in [-0.3, -0.25) is 0 Å². The monoisotopic (exact) mass is 129 g/mol. The van der Waals surface area contributed by atoms with Gasteiger partial charge in [-0.15, -0.1) is 0 Å². The Morgan fingerprint density at radius 1 is 1.22 bits per heavy atom. The van der Waals surface area contributed by atoms with Crippen LogP contribution in [0.15, 0.2) is 0 Å². The highest BCUT2D eigenvalue weighted by Gasteiger charge is 1.95. The van der Waals surface area contributed by atoms with Crippen LogP contribution in [0.2, 0.25) is 0 Å². The van der Waals surface area contributed by atoms with E-state index in [0.29, 0.717) is 0 Å². The molecular formula is C8H19N. The largest absolute Gasteiger partial charge is 0.314 e. The van der Waals surface area contributed by atoms with Crippen molar-refractivity contribution < 1.29 is 0 Å².